The molecule has 0 aliphatic heterocycles. The lowest BCUT2D eigenvalue weighted by molar-refractivity contribution is 0.102. The number of hydrogen-bond donors (Lipinski definition) is 0. The molecule has 0 aliphatic rings. The maximum absolute atomic E-state index is 5.56. The number of hydrogen-bond acceptors (Lipinski definition) is 2. The van der Waals surface area contributed by atoms with Crippen molar-refractivity contribution < 1.29 is 9.15 Å². The summed E-state index contributed by atoms with van der Waals surface area (Å²) in [4.78, 5) is 0. The largest absolute Gasteiger partial charge is 0.467 e. The monoisotopic (exact) mass is 266 g/mol. The molecule has 0 spiro atoms. The van der Waals surface area contributed by atoms with Gasteiger partial charge in [-0.1, -0.05) is 64.7 Å². The lowest BCUT2D eigenvalue weighted by atomic mass is 10.1. The summed E-state index contributed by atoms with van der Waals surface area (Å²) in [6, 6.07) is 3.86. The van der Waals surface area contributed by atoms with Crippen molar-refractivity contribution in [2.45, 2.75) is 77.7 Å². The van der Waals surface area contributed by atoms with Crippen molar-refractivity contribution in [3.63, 3.8) is 0 Å². The summed E-state index contributed by atoms with van der Waals surface area (Å²) < 4.78 is 10.8. The highest BCUT2D eigenvalue weighted by Gasteiger charge is 1.96. The maximum atomic E-state index is 5.56. The first-order valence-electron chi connectivity index (χ1n) is 8.03. The van der Waals surface area contributed by atoms with Crippen molar-refractivity contribution in [1.29, 1.82) is 0 Å². The molecule has 0 aliphatic carbocycles. The minimum atomic E-state index is 0.616. The smallest absolute Gasteiger partial charge is 0.129 e. The molecule has 0 fully saturated rings. The first kappa shape index (κ1) is 16.3. The Bertz CT molecular complexity index is 267. The zero-order valence-electron chi connectivity index (χ0n) is 12.5. The molecule has 2 nitrogen and oxygen atoms in total. The third kappa shape index (κ3) is 9.77. The summed E-state index contributed by atoms with van der Waals surface area (Å²) in [5, 5.41) is 0. The van der Waals surface area contributed by atoms with Gasteiger partial charge in [0.05, 0.1) is 6.26 Å². The van der Waals surface area contributed by atoms with Gasteiger partial charge in [0, 0.05) is 6.61 Å². The van der Waals surface area contributed by atoms with E-state index in [0.29, 0.717) is 6.61 Å². The number of unbranched alkanes of at least 4 members (excludes halogenated alkanes) is 9. The summed E-state index contributed by atoms with van der Waals surface area (Å²) in [6.07, 6.45) is 15.4. The molecule has 1 aromatic heterocycles. The van der Waals surface area contributed by atoms with Gasteiger partial charge < -0.3 is 9.15 Å². The molecule has 1 rings (SSSR count). The molecular weight excluding hydrogens is 236 g/mol. The highest BCUT2D eigenvalue weighted by Crippen LogP contribution is 2.10. The molecule has 0 saturated heterocycles. The van der Waals surface area contributed by atoms with Crippen LogP contribution in [0.1, 0.15) is 76.9 Å². The van der Waals surface area contributed by atoms with Crippen LogP contribution in [0.25, 0.3) is 0 Å². The van der Waals surface area contributed by atoms with Crippen molar-refractivity contribution in [3.8, 4) is 0 Å². The molecule has 19 heavy (non-hydrogen) atoms. The third-order valence-corrected chi connectivity index (χ3v) is 3.47. The Hall–Kier alpha value is -0.760. The molecular formula is C17H30O2. The summed E-state index contributed by atoms with van der Waals surface area (Å²) in [7, 11) is 0. The molecule has 2 heteroatoms. The van der Waals surface area contributed by atoms with Crippen molar-refractivity contribution in [2.24, 2.45) is 0 Å². The highest BCUT2D eigenvalue weighted by atomic mass is 16.5. The zero-order chi connectivity index (χ0) is 13.6. The van der Waals surface area contributed by atoms with Crippen LogP contribution in [0.15, 0.2) is 22.8 Å². The van der Waals surface area contributed by atoms with Gasteiger partial charge in [-0.15, -0.1) is 0 Å². The number of rotatable bonds is 13. The van der Waals surface area contributed by atoms with E-state index in [0.717, 1.165) is 12.4 Å². The fraction of sp³-hybridized carbons (Fsp3) is 0.765. The lowest BCUT2D eigenvalue weighted by Crippen LogP contribution is -1.94. The Kier molecular flexibility index (Phi) is 10.5. The Labute approximate surface area is 118 Å². The van der Waals surface area contributed by atoms with E-state index in [-0.39, 0.29) is 0 Å². The minimum Gasteiger partial charge on any atom is -0.467 e. The number of furan rings is 1. The van der Waals surface area contributed by atoms with Crippen LogP contribution in [0.3, 0.4) is 0 Å². The molecule has 0 amide bonds. The van der Waals surface area contributed by atoms with E-state index in [1.807, 2.05) is 12.1 Å². The summed E-state index contributed by atoms with van der Waals surface area (Å²) >= 11 is 0. The Balaban J connectivity index is 1.72. The van der Waals surface area contributed by atoms with E-state index in [2.05, 4.69) is 6.92 Å². The van der Waals surface area contributed by atoms with E-state index in [1.165, 1.54) is 64.2 Å². The molecule has 0 aromatic carbocycles. The molecule has 0 saturated carbocycles. The SMILES string of the molecule is CCCCCCCCCCCCOCc1ccco1. The lowest BCUT2D eigenvalue weighted by Gasteiger charge is -2.03. The first-order chi connectivity index (χ1) is 9.43. The van der Waals surface area contributed by atoms with Crippen LogP contribution in [-0.2, 0) is 11.3 Å². The van der Waals surface area contributed by atoms with Crippen LogP contribution >= 0.6 is 0 Å². The second-order valence-corrected chi connectivity index (χ2v) is 5.31. The molecule has 1 heterocycles. The first-order valence-corrected chi connectivity index (χ1v) is 8.03. The normalized spacial score (nSPS) is 11.0. The van der Waals surface area contributed by atoms with Crippen molar-refractivity contribution >= 4 is 0 Å². The van der Waals surface area contributed by atoms with Crippen LogP contribution in [0.2, 0.25) is 0 Å². The summed E-state index contributed by atoms with van der Waals surface area (Å²) in [5.41, 5.74) is 0. The van der Waals surface area contributed by atoms with Gasteiger partial charge in [0.25, 0.3) is 0 Å². The van der Waals surface area contributed by atoms with Gasteiger partial charge in [0.15, 0.2) is 0 Å². The highest BCUT2D eigenvalue weighted by molar-refractivity contribution is 4.95. The van der Waals surface area contributed by atoms with Crippen molar-refractivity contribution in [2.75, 3.05) is 6.61 Å². The van der Waals surface area contributed by atoms with E-state index in [1.54, 1.807) is 6.26 Å². The predicted molar refractivity (Wildman–Crippen MR) is 80.2 cm³/mol. The van der Waals surface area contributed by atoms with Crippen molar-refractivity contribution in [3.05, 3.63) is 24.2 Å². The van der Waals surface area contributed by atoms with Gasteiger partial charge in [-0.25, -0.2) is 0 Å². The van der Waals surface area contributed by atoms with Crippen LogP contribution < -0.4 is 0 Å². The van der Waals surface area contributed by atoms with Crippen LogP contribution in [0.5, 0.6) is 0 Å². The molecule has 0 atom stereocenters. The second kappa shape index (κ2) is 12.3. The van der Waals surface area contributed by atoms with Crippen LogP contribution in [0, 0.1) is 0 Å². The van der Waals surface area contributed by atoms with E-state index >= 15 is 0 Å². The average molecular weight is 266 g/mol. The van der Waals surface area contributed by atoms with Gasteiger partial charge in [-0.3, -0.25) is 0 Å². The fourth-order valence-electron chi connectivity index (χ4n) is 2.26. The Morgan fingerprint density at radius 3 is 2.11 bits per heavy atom. The third-order valence-electron chi connectivity index (χ3n) is 3.47. The fourth-order valence-corrected chi connectivity index (χ4v) is 2.26. The molecule has 0 unspecified atom stereocenters. The Morgan fingerprint density at radius 2 is 1.53 bits per heavy atom. The summed E-state index contributed by atoms with van der Waals surface area (Å²) in [5.74, 6) is 0.923. The zero-order valence-corrected chi connectivity index (χ0v) is 12.5. The van der Waals surface area contributed by atoms with Gasteiger partial charge >= 0.3 is 0 Å². The van der Waals surface area contributed by atoms with E-state index in [4.69, 9.17) is 9.15 Å². The quantitative estimate of drug-likeness (QED) is 0.426. The Morgan fingerprint density at radius 1 is 0.895 bits per heavy atom. The molecule has 0 radical (unpaired) electrons. The molecule has 0 bridgehead atoms. The van der Waals surface area contributed by atoms with Gasteiger partial charge in [0.2, 0.25) is 0 Å². The minimum absolute atomic E-state index is 0.616. The maximum Gasteiger partial charge on any atom is 0.129 e. The molecule has 0 N–H and O–H groups in total. The standard InChI is InChI=1S/C17H30O2/c1-2-3-4-5-6-7-8-9-10-11-14-18-16-17-13-12-15-19-17/h12-13,15H,2-11,14,16H2,1H3. The summed E-state index contributed by atoms with van der Waals surface area (Å²) in [6.45, 7) is 3.75. The van der Waals surface area contributed by atoms with E-state index < -0.39 is 0 Å². The predicted octanol–water partition coefficient (Wildman–Crippen LogP) is 5.72. The van der Waals surface area contributed by atoms with Crippen LogP contribution in [-0.4, -0.2) is 6.61 Å². The number of ether oxygens (including phenoxy) is 1. The van der Waals surface area contributed by atoms with Crippen LogP contribution in [0.4, 0.5) is 0 Å². The van der Waals surface area contributed by atoms with Gasteiger partial charge in [-0.05, 0) is 18.6 Å². The molecule has 1 aromatic rings. The molecule has 110 valence electrons. The second-order valence-electron chi connectivity index (χ2n) is 5.31. The van der Waals surface area contributed by atoms with Crippen molar-refractivity contribution in [1.82, 2.24) is 0 Å². The van der Waals surface area contributed by atoms with Gasteiger partial charge in [-0.2, -0.15) is 0 Å². The van der Waals surface area contributed by atoms with E-state index in [9.17, 15) is 0 Å². The average Bonchev–Trinajstić information content (AvgIpc) is 2.93. The van der Waals surface area contributed by atoms with Gasteiger partial charge in [0.1, 0.15) is 12.4 Å². The topological polar surface area (TPSA) is 22.4 Å².